The molecule has 1 aliphatic rings. The van der Waals surface area contributed by atoms with Crippen LogP contribution >= 0.6 is 11.6 Å². The first-order valence-corrected chi connectivity index (χ1v) is 6.84. The van der Waals surface area contributed by atoms with E-state index in [0.29, 0.717) is 5.02 Å². The first-order valence-electron chi connectivity index (χ1n) is 6.46. The van der Waals surface area contributed by atoms with Gasteiger partial charge < -0.3 is 0 Å². The van der Waals surface area contributed by atoms with Gasteiger partial charge in [0.25, 0.3) is 0 Å². The number of Topliss-reactive ketones (excluding diaryl/α,β-unsaturated/α-hetero) is 1. The molecule has 0 heterocycles. The maximum atomic E-state index is 12.5. The minimum atomic E-state index is -0.00200. The van der Waals surface area contributed by atoms with Crippen LogP contribution in [0.4, 0.5) is 0 Å². The van der Waals surface area contributed by atoms with Crippen molar-refractivity contribution in [2.45, 2.75) is 18.8 Å². The van der Waals surface area contributed by atoms with E-state index in [-0.39, 0.29) is 17.1 Å². The van der Waals surface area contributed by atoms with Crippen molar-refractivity contribution in [3.8, 4) is 0 Å². The molecule has 2 heteroatoms. The summed E-state index contributed by atoms with van der Waals surface area (Å²) in [5, 5.41) is 0.665. The molecule has 1 nitrogen and oxygen atoms in total. The molecular weight excluding hydrogens is 256 g/mol. The Hall–Kier alpha value is -1.60. The zero-order valence-electron chi connectivity index (χ0n) is 10.8. The van der Waals surface area contributed by atoms with Crippen molar-refractivity contribution < 1.29 is 4.79 Å². The lowest BCUT2D eigenvalue weighted by Gasteiger charge is -2.11. The second kappa shape index (κ2) is 4.50. The molecule has 3 rings (SSSR count). The Morgan fingerprint density at radius 3 is 2.37 bits per heavy atom. The minimum Gasteiger partial charge on any atom is -0.294 e. The van der Waals surface area contributed by atoms with Crippen molar-refractivity contribution in [1.82, 2.24) is 0 Å². The number of hydrogen-bond donors (Lipinski definition) is 0. The summed E-state index contributed by atoms with van der Waals surface area (Å²) in [5.74, 6) is 0.319. The molecule has 0 radical (unpaired) electrons. The van der Waals surface area contributed by atoms with E-state index in [9.17, 15) is 4.79 Å². The van der Waals surface area contributed by atoms with E-state index in [1.165, 1.54) is 5.56 Å². The largest absolute Gasteiger partial charge is 0.294 e. The highest BCUT2D eigenvalue weighted by molar-refractivity contribution is 6.30. The summed E-state index contributed by atoms with van der Waals surface area (Å²) in [7, 11) is 0. The van der Waals surface area contributed by atoms with Crippen LogP contribution in [0, 0.1) is 5.92 Å². The second-order valence-electron chi connectivity index (χ2n) is 5.41. The van der Waals surface area contributed by atoms with Gasteiger partial charge in [0, 0.05) is 21.9 Å². The van der Waals surface area contributed by atoms with Gasteiger partial charge >= 0.3 is 0 Å². The molecule has 2 atom stereocenters. The highest BCUT2D eigenvalue weighted by atomic mass is 35.5. The third-order valence-electron chi connectivity index (χ3n) is 4.12. The number of rotatable bonds is 3. The third-order valence-corrected chi connectivity index (χ3v) is 4.37. The molecule has 0 aliphatic heterocycles. The van der Waals surface area contributed by atoms with Gasteiger partial charge in [-0.15, -0.1) is 0 Å². The van der Waals surface area contributed by atoms with Gasteiger partial charge in [0.05, 0.1) is 0 Å². The molecule has 1 aliphatic carbocycles. The molecule has 0 bridgehead atoms. The van der Waals surface area contributed by atoms with Crippen LogP contribution in [-0.2, 0) is 5.41 Å². The summed E-state index contributed by atoms with van der Waals surface area (Å²) in [6.45, 7) is 2.17. The van der Waals surface area contributed by atoms with Gasteiger partial charge in [-0.3, -0.25) is 4.79 Å². The van der Waals surface area contributed by atoms with E-state index in [1.807, 2.05) is 30.3 Å². The van der Waals surface area contributed by atoms with E-state index in [2.05, 4.69) is 19.1 Å². The normalized spacial score (nSPS) is 25.1. The van der Waals surface area contributed by atoms with Crippen LogP contribution in [0.1, 0.15) is 29.3 Å². The molecule has 96 valence electrons. The molecule has 19 heavy (non-hydrogen) atoms. The van der Waals surface area contributed by atoms with Crippen molar-refractivity contribution >= 4 is 17.4 Å². The lowest BCUT2D eigenvalue weighted by molar-refractivity contribution is 0.0959. The summed E-state index contributed by atoms with van der Waals surface area (Å²) >= 11 is 5.85. The fourth-order valence-electron chi connectivity index (χ4n) is 2.70. The maximum Gasteiger partial charge on any atom is 0.166 e. The van der Waals surface area contributed by atoms with Gasteiger partial charge in [0.15, 0.2) is 5.78 Å². The number of hydrogen-bond acceptors (Lipinski definition) is 1. The monoisotopic (exact) mass is 270 g/mol. The van der Waals surface area contributed by atoms with Crippen molar-refractivity contribution in [2.75, 3.05) is 0 Å². The molecule has 0 unspecified atom stereocenters. The fraction of sp³-hybridized carbons (Fsp3) is 0.235. The molecule has 1 fully saturated rings. The number of carbonyl (C=O) groups is 1. The molecule has 0 spiro atoms. The number of ketones is 1. The third kappa shape index (κ3) is 2.19. The zero-order chi connectivity index (χ0) is 13.5. The Bertz CT molecular complexity index is 603. The Balaban J connectivity index is 1.83. The van der Waals surface area contributed by atoms with E-state index in [4.69, 9.17) is 11.6 Å². The highest BCUT2D eigenvalue weighted by Gasteiger charge is 2.55. The summed E-state index contributed by atoms with van der Waals surface area (Å²) in [6, 6.07) is 17.5. The van der Waals surface area contributed by atoms with Crippen LogP contribution in [0.5, 0.6) is 0 Å². The topological polar surface area (TPSA) is 17.1 Å². The van der Waals surface area contributed by atoms with Gasteiger partial charge in [-0.25, -0.2) is 0 Å². The lowest BCUT2D eigenvalue weighted by atomic mass is 9.92. The molecule has 0 amide bonds. The quantitative estimate of drug-likeness (QED) is 0.751. The summed E-state index contributed by atoms with van der Waals surface area (Å²) in [4.78, 5) is 12.5. The van der Waals surface area contributed by atoms with E-state index >= 15 is 0 Å². The highest BCUT2D eigenvalue weighted by Crippen LogP contribution is 2.55. The van der Waals surface area contributed by atoms with Gasteiger partial charge in [-0.2, -0.15) is 0 Å². The van der Waals surface area contributed by atoms with Crippen molar-refractivity contribution in [2.24, 2.45) is 5.92 Å². The number of benzene rings is 2. The first kappa shape index (κ1) is 12.4. The van der Waals surface area contributed by atoms with Gasteiger partial charge in [-0.05, 0) is 36.2 Å². The Morgan fingerprint density at radius 2 is 1.74 bits per heavy atom. The van der Waals surface area contributed by atoms with E-state index in [1.54, 1.807) is 12.1 Å². The molecule has 0 N–H and O–H groups in total. The molecule has 0 aromatic heterocycles. The summed E-state index contributed by atoms with van der Waals surface area (Å²) in [6.07, 6.45) is 0.929. The van der Waals surface area contributed by atoms with Gasteiger partial charge in [0.1, 0.15) is 0 Å². The van der Waals surface area contributed by atoms with Crippen LogP contribution in [0.25, 0.3) is 0 Å². The second-order valence-corrected chi connectivity index (χ2v) is 5.85. The predicted octanol–water partition coefficient (Wildman–Crippen LogP) is 4.50. The Kier molecular flexibility index (Phi) is 2.94. The minimum absolute atomic E-state index is 0.00200. The van der Waals surface area contributed by atoms with Crippen LogP contribution in [-0.4, -0.2) is 5.78 Å². The van der Waals surface area contributed by atoms with E-state index in [0.717, 1.165) is 12.0 Å². The Morgan fingerprint density at radius 1 is 1.11 bits per heavy atom. The van der Waals surface area contributed by atoms with Gasteiger partial charge in [0.2, 0.25) is 0 Å². The average Bonchev–Trinajstić information content (AvgIpc) is 3.14. The smallest absolute Gasteiger partial charge is 0.166 e. The molecular formula is C17H15ClO. The Labute approximate surface area is 118 Å². The fourth-order valence-corrected chi connectivity index (χ4v) is 2.83. The lowest BCUT2D eigenvalue weighted by Crippen LogP contribution is -2.12. The SMILES string of the molecule is C[C@@]1(c2ccccc2)C[C@H]1C(=O)c1ccc(Cl)cc1. The summed E-state index contributed by atoms with van der Waals surface area (Å²) < 4.78 is 0. The molecule has 2 aromatic rings. The number of halogens is 1. The van der Waals surface area contributed by atoms with Gasteiger partial charge in [-0.1, -0.05) is 48.9 Å². The standard InChI is InChI=1S/C17H15ClO/c1-17(13-5-3-2-4-6-13)11-15(17)16(19)12-7-9-14(18)10-8-12/h2-10,15H,11H2,1H3/t15-,17-/m0/s1. The average molecular weight is 271 g/mol. The van der Waals surface area contributed by atoms with Crippen molar-refractivity contribution in [3.05, 3.63) is 70.7 Å². The predicted molar refractivity (Wildman–Crippen MR) is 77.7 cm³/mol. The maximum absolute atomic E-state index is 12.5. The first-order chi connectivity index (χ1) is 9.11. The zero-order valence-corrected chi connectivity index (χ0v) is 11.5. The van der Waals surface area contributed by atoms with Crippen LogP contribution in [0.3, 0.4) is 0 Å². The van der Waals surface area contributed by atoms with Crippen molar-refractivity contribution in [3.63, 3.8) is 0 Å². The summed E-state index contributed by atoms with van der Waals surface area (Å²) in [5.41, 5.74) is 2.01. The molecule has 0 saturated heterocycles. The van der Waals surface area contributed by atoms with Crippen LogP contribution < -0.4 is 0 Å². The van der Waals surface area contributed by atoms with Crippen molar-refractivity contribution in [1.29, 1.82) is 0 Å². The van der Waals surface area contributed by atoms with E-state index < -0.39 is 0 Å². The molecule has 2 aromatic carbocycles. The molecule has 1 saturated carbocycles. The van der Waals surface area contributed by atoms with Crippen LogP contribution in [0.15, 0.2) is 54.6 Å². The van der Waals surface area contributed by atoms with Crippen LogP contribution in [0.2, 0.25) is 5.02 Å². The number of carbonyl (C=O) groups excluding carboxylic acids is 1.